The number of hydrogen-bond acceptors (Lipinski definition) is 5. The maximum Gasteiger partial charge on any atom is 0.265 e. The highest BCUT2D eigenvalue weighted by molar-refractivity contribution is 6.02. The molecule has 0 radical (unpaired) electrons. The third-order valence-electron chi connectivity index (χ3n) is 6.76. The molecule has 1 aliphatic rings. The molecule has 198 valence electrons. The maximum absolute atomic E-state index is 12.6. The SMILES string of the molecule is Cc1ccc(-c2cc(-c3ccc(CC(C)C)cc3)nc(-c3ccc4c(c3)N(CC(=O)NN)C(=O)CO4)c2)cc1. The first-order valence-electron chi connectivity index (χ1n) is 13.1. The summed E-state index contributed by atoms with van der Waals surface area (Å²) in [7, 11) is 0. The average Bonchev–Trinajstić information content (AvgIpc) is 2.94. The van der Waals surface area contributed by atoms with E-state index >= 15 is 0 Å². The number of carbonyl (C=O) groups is 2. The largest absolute Gasteiger partial charge is 0.482 e. The number of fused-ring (bicyclic) bond motifs is 1. The first-order chi connectivity index (χ1) is 18.8. The summed E-state index contributed by atoms with van der Waals surface area (Å²) in [6.07, 6.45) is 1.02. The zero-order valence-electron chi connectivity index (χ0n) is 22.4. The molecule has 0 unspecified atom stereocenters. The van der Waals surface area contributed by atoms with Crippen LogP contribution in [0.15, 0.2) is 78.9 Å². The van der Waals surface area contributed by atoms with Crippen LogP contribution >= 0.6 is 0 Å². The van der Waals surface area contributed by atoms with Crippen molar-refractivity contribution in [2.75, 3.05) is 18.1 Å². The Morgan fingerprint density at radius 1 is 0.923 bits per heavy atom. The Kier molecular flexibility index (Phi) is 7.43. The van der Waals surface area contributed by atoms with Gasteiger partial charge in [-0.15, -0.1) is 0 Å². The summed E-state index contributed by atoms with van der Waals surface area (Å²) in [5.74, 6) is 5.61. The highest BCUT2D eigenvalue weighted by Gasteiger charge is 2.28. The van der Waals surface area contributed by atoms with Gasteiger partial charge >= 0.3 is 0 Å². The van der Waals surface area contributed by atoms with Crippen molar-refractivity contribution in [3.05, 3.63) is 90.0 Å². The molecule has 1 aliphatic heterocycles. The van der Waals surface area contributed by atoms with Crippen molar-refractivity contribution in [1.29, 1.82) is 0 Å². The molecule has 0 bridgehead atoms. The summed E-state index contributed by atoms with van der Waals surface area (Å²) in [5.41, 5.74) is 10.6. The normalized spacial score (nSPS) is 12.7. The third kappa shape index (κ3) is 5.84. The van der Waals surface area contributed by atoms with E-state index in [0.29, 0.717) is 17.4 Å². The van der Waals surface area contributed by atoms with E-state index in [1.165, 1.54) is 16.0 Å². The number of nitrogens with zero attached hydrogens (tertiary/aromatic N) is 2. The van der Waals surface area contributed by atoms with Crippen molar-refractivity contribution >= 4 is 17.5 Å². The first-order valence-corrected chi connectivity index (χ1v) is 13.1. The summed E-state index contributed by atoms with van der Waals surface area (Å²) < 4.78 is 5.63. The zero-order chi connectivity index (χ0) is 27.5. The quantitative estimate of drug-likeness (QED) is 0.196. The Morgan fingerprint density at radius 2 is 1.56 bits per heavy atom. The summed E-state index contributed by atoms with van der Waals surface area (Å²) >= 11 is 0. The van der Waals surface area contributed by atoms with E-state index in [1.54, 1.807) is 0 Å². The van der Waals surface area contributed by atoms with Gasteiger partial charge < -0.3 is 4.74 Å². The molecule has 2 amide bonds. The van der Waals surface area contributed by atoms with E-state index in [1.807, 2.05) is 24.3 Å². The van der Waals surface area contributed by atoms with Gasteiger partial charge in [-0.1, -0.05) is 67.9 Å². The molecule has 0 fully saturated rings. The van der Waals surface area contributed by atoms with Crippen LogP contribution in [0.5, 0.6) is 5.75 Å². The van der Waals surface area contributed by atoms with Crippen LogP contribution in [0.2, 0.25) is 0 Å². The van der Waals surface area contributed by atoms with Crippen LogP contribution in [0, 0.1) is 12.8 Å². The minimum atomic E-state index is -0.468. The Hall–Kier alpha value is -4.49. The number of amides is 2. The second kappa shape index (κ2) is 11.1. The van der Waals surface area contributed by atoms with Crippen molar-refractivity contribution in [2.45, 2.75) is 27.2 Å². The van der Waals surface area contributed by atoms with Gasteiger partial charge in [-0.25, -0.2) is 10.8 Å². The molecule has 7 heteroatoms. The second-order valence-corrected chi connectivity index (χ2v) is 10.3. The molecule has 3 N–H and O–H groups in total. The summed E-state index contributed by atoms with van der Waals surface area (Å²) in [6.45, 7) is 6.17. The number of ether oxygens (including phenoxy) is 1. The second-order valence-electron chi connectivity index (χ2n) is 10.3. The number of benzene rings is 3. The number of anilines is 1. The number of aryl methyl sites for hydroxylation is 1. The molecule has 0 aliphatic carbocycles. The monoisotopic (exact) mass is 520 g/mol. The van der Waals surface area contributed by atoms with Gasteiger partial charge in [0.25, 0.3) is 11.8 Å². The number of rotatable bonds is 7. The standard InChI is InChI=1S/C32H32N4O3/c1-20(2)14-22-6-10-24(11-7-22)27-15-26(23-8-4-21(3)5-9-23)16-28(34-27)25-12-13-30-29(17-25)36(18-31(37)35-33)32(38)19-39-30/h4-13,15-17,20H,14,18-19,33H2,1-3H3,(H,35,37). The number of pyridine rings is 1. The van der Waals surface area contributed by atoms with Crippen molar-refractivity contribution < 1.29 is 14.3 Å². The van der Waals surface area contributed by atoms with Gasteiger partial charge in [-0.3, -0.25) is 19.9 Å². The molecular formula is C32H32N4O3. The lowest BCUT2D eigenvalue weighted by molar-refractivity contribution is -0.125. The number of carbonyl (C=O) groups excluding carboxylic acids is 2. The minimum Gasteiger partial charge on any atom is -0.482 e. The van der Waals surface area contributed by atoms with E-state index in [2.05, 4.69) is 80.8 Å². The topological polar surface area (TPSA) is 97.5 Å². The fourth-order valence-electron chi connectivity index (χ4n) is 4.75. The highest BCUT2D eigenvalue weighted by atomic mass is 16.5. The predicted molar refractivity (Wildman–Crippen MR) is 154 cm³/mol. The van der Waals surface area contributed by atoms with Gasteiger partial charge in [0.05, 0.1) is 17.1 Å². The lowest BCUT2D eigenvalue weighted by Crippen LogP contribution is -2.46. The van der Waals surface area contributed by atoms with E-state index in [0.717, 1.165) is 40.1 Å². The van der Waals surface area contributed by atoms with Gasteiger partial charge in [0.15, 0.2) is 6.61 Å². The van der Waals surface area contributed by atoms with Crippen LogP contribution < -0.4 is 20.9 Å². The first kappa shape index (κ1) is 26.1. The molecule has 3 aromatic carbocycles. The van der Waals surface area contributed by atoms with Crippen LogP contribution in [0.3, 0.4) is 0 Å². The van der Waals surface area contributed by atoms with Crippen molar-refractivity contribution in [2.24, 2.45) is 11.8 Å². The van der Waals surface area contributed by atoms with Crippen molar-refractivity contribution in [3.8, 4) is 39.4 Å². The van der Waals surface area contributed by atoms with Gasteiger partial charge in [0.1, 0.15) is 12.3 Å². The van der Waals surface area contributed by atoms with E-state index in [-0.39, 0.29) is 19.1 Å². The van der Waals surface area contributed by atoms with E-state index in [9.17, 15) is 9.59 Å². The maximum atomic E-state index is 12.6. The smallest absolute Gasteiger partial charge is 0.265 e. The van der Waals surface area contributed by atoms with Crippen LogP contribution in [0.1, 0.15) is 25.0 Å². The molecule has 0 saturated heterocycles. The average molecular weight is 521 g/mol. The van der Waals surface area contributed by atoms with Crippen LogP contribution in [0.25, 0.3) is 33.6 Å². The number of hydrogen-bond donors (Lipinski definition) is 2. The number of nitrogens with two attached hydrogens (primary N) is 1. The zero-order valence-corrected chi connectivity index (χ0v) is 22.4. The highest BCUT2D eigenvalue weighted by Crippen LogP contribution is 2.37. The number of aromatic nitrogens is 1. The molecule has 2 heterocycles. The minimum absolute atomic E-state index is 0.137. The van der Waals surface area contributed by atoms with Crippen molar-refractivity contribution in [1.82, 2.24) is 10.4 Å². The molecule has 0 atom stereocenters. The fraction of sp³-hybridized carbons (Fsp3) is 0.219. The van der Waals surface area contributed by atoms with Gasteiger partial charge in [-0.05, 0) is 66.3 Å². The predicted octanol–water partition coefficient (Wildman–Crippen LogP) is 5.30. The molecule has 0 spiro atoms. The van der Waals surface area contributed by atoms with E-state index in [4.69, 9.17) is 15.6 Å². The summed E-state index contributed by atoms with van der Waals surface area (Å²) in [4.78, 5) is 31.1. The van der Waals surface area contributed by atoms with Gasteiger partial charge in [0.2, 0.25) is 0 Å². The summed E-state index contributed by atoms with van der Waals surface area (Å²) in [5, 5.41) is 0. The molecule has 7 nitrogen and oxygen atoms in total. The molecular weight excluding hydrogens is 488 g/mol. The Bertz CT molecular complexity index is 1510. The van der Waals surface area contributed by atoms with Crippen molar-refractivity contribution in [3.63, 3.8) is 0 Å². The van der Waals surface area contributed by atoms with Crippen LogP contribution in [-0.4, -0.2) is 29.9 Å². The molecule has 1 aromatic heterocycles. The fourth-order valence-corrected chi connectivity index (χ4v) is 4.75. The van der Waals surface area contributed by atoms with Crippen LogP contribution in [0.4, 0.5) is 5.69 Å². The lowest BCUT2D eigenvalue weighted by Gasteiger charge is -2.29. The van der Waals surface area contributed by atoms with Crippen LogP contribution in [-0.2, 0) is 16.0 Å². The molecule has 5 rings (SSSR count). The van der Waals surface area contributed by atoms with Gasteiger partial charge in [-0.2, -0.15) is 0 Å². The Labute approximate surface area is 228 Å². The Balaban J connectivity index is 1.61. The third-order valence-corrected chi connectivity index (χ3v) is 6.76. The summed E-state index contributed by atoms with van der Waals surface area (Å²) in [6, 6.07) is 26.7. The molecule has 39 heavy (non-hydrogen) atoms. The van der Waals surface area contributed by atoms with E-state index < -0.39 is 5.91 Å². The number of hydrazine groups is 1. The number of nitrogens with one attached hydrogen (secondary N) is 1. The Morgan fingerprint density at radius 3 is 2.23 bits per heavy atom. The van der Waals surface area contributed by atoms with Gasteiger partial charge in [0, 0.05) is 11.1 Å². The molecule has 4 aromatic rings. The lowest BCUT2D eigenvalue weighted by atomic mass is 9.97. The molecule has 0 saturated carbocycles.